The van der Waals surface area contributed by atoms with E-state index in [0.29, 0.717) is 18.5 Å². The fourth-order valence-electron chi connectivity index (χ4n) is 1.62. The van der Waals surface area contributed by atoms with E-state index >= 15 is 0 Å². The van der Waals surface area contributed by atoms with Gasteiger partial charge in [0.25, 0.3) is 0 Å². The van der Waals surface area contributed by atoms with Gasteiger partial charge in [-0.15, -0.1) is 0 Å². The van der Waals surface area contributed by atoms with Crippen molar-refractivity contribution >= 4 is 6.03 Å². The summed E-state index contributed by atoms with van der Waals surface area (Å²) in [6.07, 6.45) is 3.52. The zero-order valence-electron chi connectivity index (χ0n) is 9.83. The second-order valence-electron chi connectivity index (χ2n) is 4.46. The molecule has 0 bridgehead atoms. The number of rotatable bonds is 5. The highest BCUT2D eigenvalue weighted by Crippen LogP contribution is 2.18. The summed E-state index contributed by atoms with van der Waals surface area (Å²) in [5, 5.41) is 3.04. The quantitative estimate of drug-likeness (QED) is 0.720. The van der Waals surface area contributed by atoms with Crippen molar-refractivity contribution in [2.45, 2.75) is 39.2 Å². The fourth-order valence-corrected chi connectivity index (χ4v) is 1.62. The van der Waals surface area contributed by atoms with Crippen molar-refractivity contribution in [1.82, 2.24) is 10.2 Å². The molecule has 15 heavy (non-hydrogen) atoms. The predicted molar refractivity (Wildman–Crippen MR) is 61.6 cm³/mol. The minimum atomic E-state index is 0.0718. The van der Waals surface area contributed by atoms with Crippen molar-refractivity contribution in [3.05, 3.63) is 0 Å². The number of nitrogens with two attached hydrogens (primary N) is 1. The van der Waals surface area contributed by atoms with Crippen LogP contribution in [-0.2, 0) is 0 Å². The SMILES string of the molecule is CCN(CC(C)CN)C(=O)NC1CCC1. The van der Waals surface area contributed by atoms with Crippen LogP contribution in [0.15, 0.2) is 0 Å². The maximum atomic E-state index is 11.8. The van der Waals surface area contributed by atoms with Gasteiger partial charge in [0.2, 0.25) is 0 Å². The fraction of sp³-hybridized carbons (Fsp3) is 0.909. The van der Waals surface area contributed by atoms with Gasteiger partial charge in [-0.3, -0.25) is 0 Å². The Kier molecular flexibility index (Phi) is 4.88. The first-order chi connectivity index (χ1) is 7.17. The number of carbonyl (C=O) groups excluding carboxylic acids is 1. The average molecular weight is 213 g/mol. The molecule has 0 aliphatic heterocycles. The van der Waals surface area contributed by atoms with Crippen LogP contribution < -0.4 is 11.1 Å². The summed E-state index contributed by atoms with van der Waals surface area (Å²) >= 11 is 0. The number of urea groups is 1. The van der Waals surface area contributed by atoms with Crippen molar-refractivity contribution in [3.8, 4) is 0 Å². The number of hydrogen-bond acceptors (Lipinski definition) is 2. The normalized spacial score (nSPS) is 18.1. The molecule has 0 saturated heterocycles. The second-order valence-corrected chi connectivity index (χ2v) is 4.46. The van der Waals surface area contributed by atoms with Crippen LogP contribution in [0.4, 0.5) is 4.79 Å². The molecule has 0 radical (unpaired) electrons. The molecule has 0 spiro atoms. The van der Waals surface area contributed by atoms with Crippen molar-refractivity contribution in [3.63, 3.8) is 0 Å². The molecule has 1 aliphatic rings. The van der Waals surface area contributed by atoms with E-state index in [1.165, 1.54) is 6.42 Å². The summed E-state index contributed by atoms with van der Waals surface area (Å²) in [7, 11) is 0. The molecular weight excluding hydrogens is 190 g/mol. The van der Waals surface area contributed by atoms with Crippen molar-refractivity contribution < 1.29 is 4.79 Å². The van der Waals surface area contributed by atoms with Crippen LogP contribution >= 0.6 is 0 Å². The van der Waals surface area contributed by atoms with E-state index in [2.05, 4.69) is 12.2 Å². The van der Waals surface area contributed by atoms with Gasteiger partial charge in [-0.1, -0.05) is 6.92 Å². The first-order valence-corrected chi connectivity index (χ1v) is 5.92. The van der Waals surface area contributed by atoms with Crippen LogP contribution in [0.1, 0.15) is 33.1 Å². The Bertz CT molecular complexity index is 204. The Morgan fingerprint density at radius 1 is 1.60 bits per heavy atom. The van der Waals surface area contributed by atoms with Gasteiger partial charge >= 0.3 is 6.03 Å². The Labute approximate surface area is 92.2 Å². The molecule has 1 fully saturated rings. The summed E-state index contributed by atoms with van der Waals surface area (Å²) in [6, 6.07) is 0.488. The first-order valence-electron chi connectivity index (χ1n) is 5.92. The number of hydrogen-bond donors (Lipinski definition) is 2. The molecule has 0 heterocycles. The molecule has 88 valence electrons. The lowest BCUT2D eigenvalue weighted by Crippen LogP contribution is -2.48. The Balaban J connectivity index is 2.31. The van der Waals surface area contributed by atoms with E-state index in [9.17, 15) is 4.79 Å². The lowest BCUT2D eigenvalue weighted by atomic mass is 9.93. The summed E-state index contributed by atoms with van der Waals surface area (Å²) in [5.41, 5.74) is 5.56. The standard InChI is InChI=1S/C11H23N3O/c1-3-14(8-9(2)7-12)11(15)13-10-5-4-6-10/h9-10H,3-8,12H2,1-2H3,(H,13,15). The van der Waals surface area contributed by atoms with Gasteiger partial charge in [-0.25, -0.2) is 4.79 Å². The highest BCUT2D eigenvalue weighted by Gasteiger charge is 2.22. The third kappa shape index (κ3) is 3.70. The van der Waals surface area contributed by atoms with E-state index in [1.54, 1.807) is 0 Å². The Morgan fingerprint density at radius 3 is 2.67 bits per heavy atom. The van der Waals surface area contributed by atoms with Crippen LogP contribution in [0.25, 0.3) is 0 Å². The van der Waals surface area contributed by atoms with Crippen LogP contribution in [0.5, 0.6) is 0 Å². The minimum absolute atomic E-state index is 0.0718. The van der Waals surface area contributed by atoms with E-state index in [0.717, 1.165) is 25.9 Å². The van der Waals surface area contributed by atoms with Gasteiger partial charge in [0, 0.05) is 19.1 Å². The van der Waals surface area contributed by atoms with Crippen molar-refractivity contribution in [2.75, 3.05) is 19.6 Å². The second kappa shape index (κ2) is 5.95. The number of amides is 2. The summed E-state index contributed by atoms with van der Waals surface area (Å²) in [4.78, 5) is 13.6. The molecule has 0 aromatic rings. The highest BCUT2D eigenvalue weighted by atomic mass is 16.2. The zero-order chi connectivity index (χ0) is 11.3. The maximum Gasteiger partial charge on any atom is 0.317 e. The Hall–Kier alpha value is -0.770. The largest absolute Gasteiger partial charge is 0.335 e. The molecule has 3 N–H and O–H groups in total. The lowest BCUT2D eigenvalue weighted by molar-refractivity contribution is 0.182. The van der Waals surface area contributed by atoms with Crippen LogP contribution in [-0.4, -0.2) is 36.6 Å². The molecular formula is C11H23N3O. The smallest absolute Gasteiger partial charge is 0.317 e. The Morgan fingerprint density at radius 2 is 2.27 bits per heavy atom. The number of nitrogens with one attached hydrogen (secondary N) is 1. The van der Waals surface area contributed by atoms with E-state index in [-0.39, 0.29) is 6.03 Å². The summed E-state index contributed by atoms with van der Waals surface area (Å²) in [5.74, 6) is 0.372. The average Bonchev–Trinajstić information content (AvgIpc) is 2.19. The third-order valence-electron chi connectivity index (χ3n) is 3.04. The van der Waals surface area contributed by atoms with Crippen LogP contribution in [0.3, 0.4) is 0 Å². The van der Waals surface area contributed by atoms with Crippen LogP contribution in [0, 0.1) is 5.92 Å². The molecule has 1 aliphatic carbocycles. The van der Waals surface area contributed by atoms with Gasteiger partial charge in [-0.2, -0.15) is 0 Å². The molecule has 2 amide bonds. The van der Waals surface area contributed by atoms with Gasteiger partial charge in [0.05, 0.1) is 0 Å². The molecule has 1 unspecified atom stereocenters. The maximum absolute atomic E-state index is 11.8. The minimum Gasteiger partial charge on any atom is -0.335 e. The van der Waals surface area contributed by atoms with Gasteiger partial charge < -0.3 is 16.0 Å². The highest BCUT2D eigenvalue weighted by molar-refractivity contribution is 5.74. The van der Waals surface area contributed by atoms with Crippen LogP contribution in [0.2, 0.25) is 0 Å². The lowest BCUT2D eigenvalue weighted by Gasteiger charge is -2.31. The van der Waals surface area contributed by atoms with Gasteiger partial charge in [0.15, 0.2) is 0 Å². The third-order valence-corrected chi connectivity index (χ3v) is 3.04. The molecule has 4 heteroatoms. The molecule has 1 saturated carbocycles. The molecule has 0 aromatic heterocycles. The topological polar surface area (TPSA) is 58.4 Å². The summed E-state index contributed by atoms with van der Waals surface area (Å²) in [6.45, 7) is 6.21. The van der Waals surface area contributed by atoms with Gasteiger partial charge in [0.1, 0.15) is 0 Å². The van der Waals surface area contributed by atoms with E-state index < -0.39 is 0 Å². The monoisotopic (exact) mass is 213 g/mol. The molecule has 4 nitrogen and oxygen atoms in total. The first kappa shape index (κ1) is 12.3. The van der Waals surface area contributed by atoms with Crippen molar-refractivity contribution in [1.29, 1.82) is 0 Å². The molecule has 1 rings (SSSR count). The predicted octanol–water partition coefficient (Wildman–Crippen LogP) is 1.17. The number of nitrogens with zero attached hydrogens (tertiary/aromatic N) is 1. The molecule has 0 aromatic carbocycles. The van der Waals surface area contributed by atoms with E-state index in [1.807, 2.05) is 11.8 Å². The van der Waals surface area contributed by atoms with E-state index in [4.69, 9.17) is 5.73 Å². The number of carbonyl (C=O) groups is 1. The molecule has 1 atom stereocenters. The van der Waals surface area contributed by atoms with Gasteiger partial charge in [-0.05, 0) is 38.6 Å². The van der Waals surface area contributed by atoms with Crippen molar-refractivity contribution in [2.24, 2.45) is 11.7 Å². The summed E-state index contributed by atoms with van der Waals surface area (Å²) < 4.78 is 0. The zero-order valence-corrected chi connectivity index (χ0v) is 9.83.